The molecule has 1 aromatic carbocycles. The lowest BCUT2D eigenvalue weighted by molar-refractivity contribution is 0.0946. The van der Waals surface area contributed by atoms with Gasteiger partial charge in [0.05, 0.1) is 30.3 Å². The first-order valence-electron chi connectivity index (χ1n) is 7.75. The molecule has 0 aliphatic heterocycles. The van der Waals surface area contributed by atoms with E-state index in [1.807, 2.05) is 0 Å². The molecule has 2 aromatic heterocycles. The summed E-state index contributed by atoms with van der Waals surface area (Å²) in [6, 6.07) is 12.4. The Balaban J connectivity index is 1.66. The topological polar surface area (TPSA) is 84.2 Å². The number of carbonyl (C=O) groups is 2. The Labute approximate surface area is 144 Å². The molecule has 3 aromatic rings. The van der Waals surface area contributed by atoms with Crippen molar-refractivity contribution in [2.75, 3.05) is 5.32 Å². The lowest BCUT2D eigenvalue weighted by atomic mass is 10.1. The number of Topliss-reactive ketones (excluding diaryl/α,β-unsaturated/α-hetero) is 1. The summed E-state index contributed by atoms with van der Waals surface area (Å²) in [5, 5.41) is 5.94. The first kappa shape index (κ1) is 16.4. The molecule has 3 rings (SSSR count). The van der Waals surface area contributed by atoms with E-state index in [9.17, 15) is 9.59 Å². The highest BCUT2D eigenvalue weighted by molar-refractivity contribution is 5.95. The summed E-state index contributed by atoms with van der Waals surface area (Å²) < 4.78 is 5.18. The Morgan fingerprint density at radius 2 is 1.84 bits per heavy atom. The standard InChI is InChI=1S/C19H17N3O3/c1-13(23)14-4-6-16(7-5-14)22-17-9-15(10-20-11-17)19(24)21-12-18-3-2-8-25-18/h2-11,22H,12H2,1H3,(H,21,24). The van der Waals surface area contributed by atoms with Gasteiger partial charge in [-0.15, -0.1) is 0 Å². The van der Waals surface area contributed by atoms with Crippen LogP contribution in [-0.2, 0) is 6.54 Å². The zero-order valence-corrected chi connectivity index (χ0v) is 13.7. The van der Waals surface area contributed by atoms with Gasteiger partial charge in [-0.25, -0.2) is 0 Å². The van der Waals surface area contributed by atoms with Gasteiger partial charge in [-0.1, -0.05) is 0 Å². The van der Waals surface area contributed by atoms with Crippen LogP contribution in [0.1, 0.15) is 33.4 Å². The summed E-state index contributed by atoms with van der Waals surface area (Å²) in [7, 11) is 0. The van der Waals surface area contributed by atoms with Gasteiger partial charge in [0.1, 0.15) is 5.76 Å². The van der Waals surface area contributed by atoms with Crippen LogP contribution >= 0.6 is 0 Å². The van der Waals surface area contributed by atoms with Gasteiger partial charge >= 0.3 is 0 Å². The van der Waals surface area contributed by atoms with E-state index in [0.717, 1.165) is 5.69 Å². The Hall–Kier alpha value is -3.41. The van der Waals surface area contributed by atoms with Crippen molar-refractivity contribution < 1.29 is 14.0 Å². The fourth-order valence-corrected chi connectivity index (χ4v) is 2.27. The number of nitrogens with one attached hydrogen (secondary N) is 2. The van der Waals surface area contributed by atoms with Gasteiger partial charge in [0.15, 0.2) is 5.78 Å². The molecule has 0 saturated heterocycles. The molecular formula is C19H17N3O3. The van der Waals surface area contributed by atoms with E-state index in [0.29, 0.717) is 29.1 Å². The number of benzene rings is 1. The average molecular weight is 335 g/mol. The SMILES string of the molecule is CC(=O)c1ccc(Nc2cncc(C(=O)NCc3ccco3)c2)cc1. The second-order valence-corrected chi connectivity index (χ2v) is 5.48. The number of hydrogen-bond donors (Lipinski definition) is 2. The van der Waals surface area contributed by atoms with E-state index in [1.165, 1.54) is 13.1 Å². The summed E-state index contributed by atoms with van der Waals surface area (Å²) in [4.78, 5) is 27.6. The largest absolute Gasteiger partial charge is 0.467 e. The maximum absolute atomic E-state index is 12.2. The third kappa shape index (κ3) is 4.32. The number of hydrogen-bond acceptors (Lipinski definition) is 5. The summed E-state index contributed by atoms with van der Waals surface area (Å²) in [6.45, 7) is 1.84. The van der Waals surface area contributed by atoms with E-state index < -0.39 is 0 Å². The molecule has 2 N–H and O–H groups in total. The quantitative estimate of drug-likeness (QED) is 0.673. The molecule has 0 bridgehead atoms. The van der Waals surface area contributed by atoms with Gasteiger partial charge in [-0.3, -0.25) is 14.6 Å². The van der Waals surface area contributed by atoms with Gasteiger partial charge in [0, 0.05) is 17.4 Å². The van der Waals surface area contributed by atoms with Crippen LogP contribution in [0, 0.1) is 0 Å². The van der Waals surface area contributed by atoms with Crippen LogP contribution < -0.4 is 10.6 Å². The number of pyridine rings is 1. The Morgan fingerprint density at radius 3 is 2.52 bits per heavy atom. The molecule has 0 unspecified atom stereocenters. The zero-order valence-electron chi connectivity index (χ0n) is 13.7. The number of rotatable bonds is 6. The first-order chi connectivity index (χ1) is 12.1. The maximum atomic E-state index is 12.2. The summed E-state index contributed by atoms with van der Waals surface area (Å²) >= 11 is 0. The molecule has 0 atom stereocenters. The Kier molecular flexibility index (Phi) is 4.89. The highest BCUT2D eigenvalue weighted by Gasteiger charge is 2.08. The molecule has 0 radical (unpaired) electrons. The summed E-state index contributed by atoms with van der Waals surface area (Å²) in [5.74, 6) is 0.462. The minimum Gasteiger partial charge on any atom is -0.467 e. The Bertz CT molecular complexity index is 871. The van der Waals surface area contributed by atoms with Crippen LogP contribution in [-0.4, -0.2) is 16.7 Å². The monoisotopic (exact) mass is 335 g/mol. The fourth-order valence-electron chi connectivity index (χ4n) is 2.27. The number of carbonyl (C=O) groups excluding carboxylic acids is 2. The van der Waals surface area contributed by atoms with Gasteiger partial charge in [-0.05, 0) is 49.4 Å². The van der Waals surface area contributed by atoms with Crippen LogP contribution in [0.5, 0.6) is 0 Å². The number of aromatic nitrogens is 1. The van der Waals surface area contributed by atoms with E-state index in [1.54, 1.807) is 54.9 Å². The number of amides is 1. The van der Waals surface area contributed by atoms with Crippen molar-refractivity contribution in [1.29, 1.82) is 0 Å². The average Bonchev–Trinajstić information content (AvgIpc) is 3.14. The van der Waals surface area contributed by atoms with Gasteiger partial charge < -0.3 is 15.1 Å². The summed E-state index contributed by atoms with van der Waals surface area (Å²) in [5.41, 5.74) is 2.58. The first-order valence-corrected chi connectivity index (χ1v) is 7.75. The molecule has 0 saturated carbocycles. The van der Waals surface area contributed by atoms with E-state index >= 15 is 0 Å². The molecule has 0 aliphatic rings. The van der Waals surface area contributed by atoms with Crippen molar-refractivity contribution in [3.63, 3.8) is 0 Å². The van der Waals surface area contributed by atoms with E-state index in [2.05, 4.69) is 15.6 Å². The van der Waals surface area contributed by atoms with Crippen LogP contribution in [0.25, 0.3) is 0 Å². The maximum Gasteiger partial charge on any atom is 0.253 e. The number of anilines is 2. The highest BCUT2D eigenvalue weighted by Crippen LogP contribution is 2.17. The van der Waals surface area contributed by atoms with Crippen molar-refractivity contribution >= 4 is 23.1 Å². The zero-order chi connectivity index (χ0) is 17.6. The molecule has 6 nitrogen and oxygen atoms in total. The minimum absolute atomic E-state index is 0.0171. The van der Waals surface area contributed by atoms with Gasteiger partial charge in [-0.2, -0.15) is 0 Å². The van der Waals surface area contributed by atoms with Crippen LogP contribution in [0.4, 0.5) is 11.4 Å². The predicted octanol–water partition coefficient (Wildman–Crippen LogP) is 3.55. The Morgan fingerprint density at radius 1 is 1.04 bits per heavy atom. The molecule has 25 heavy (non-hydrogen) atoms. The van der Waals surface area contributed by atoms with Crippen molar-refractivity contribution in [2.45, 2.75) is 13.5 Å². The normalized spacial score (nSPS) is 10.3. The van der Waals surface area contributed by atoms with Crippen molar-refractivity contribution in [3.8, 4) is 0 Å². The minimum atomic E-state index is -0.237. The third-order valence-corrected chi connectivity index (χ3v) is 3.58. The van der Waals surface area contributed by atoms with Crippen molar-refractivity contribution in [2.24, 2.45) is 0 Å². The smallest absolute Gasteiger partial charge is 0.253 e. The van der Waals surface area contributed by atoms with Crippen molar-refractivity contribution in [1.82, 2.24) is 10.3 Å². The molecule has 2 heterocycles. The number of nitrogens with zero attached hydrogens (tertiary/aromatic N) is 1. The molecule has 1 amide bonds. The second-order valence-electron chi connectivity index (χ2n) is 5.48. The number of furan rings is 1. The second kappa shape index (κ2) is 7.44. The lowest BCUT2D eigenvalue weighted by Crippen LogP contribution is -2.22. The molecule has 0 aliphatic carbocycles. The molecule has 6 heteroatoms. The molecule has 126 valence electrons. The van der Waals surface area contributed by atoms with Crippen LogP contribution in [0.2, 0.25) is 0 Å². The number of ketones is 1. The third-order valence-electron chi connectivity index (χ3n) is 3.58. The fraction of sp³-hybridized carbons (Fsp3) is 0.105. The van der Waals surface area contributed by atoms with Gasteiger partial charge in [0.2, 0.25) is 0 Å². The molecule has 0 fully saturated rings. The van der Waals surface area contributed by atoms with Crippen molar-refractivity contribution in [3.05, 3.63) is 78.0 Å². The van der Waals surface area contributed by atoms with Crippen LogP contribution in [0.3, 0.4) is 0 Å². The summed E-state index contributed by atoms with van der Waals surface area (Å²) in [6.07, 6.45) is 4.69. The predicted molar refractivity (Wildman–Crippen MR) is 93.8 cm³/mol. The highest BCUT2D eigenvalue weighted by atomic mass is 16.3. The van der Waals surface area contributed by atoms with E-state index in [4.69, 9.17) is 4.42 Å². The van der Waals surface area contributed by atoms with Gasteiger partial charge in [0.25, 0.3) is 5.91 Å². The van der Waals surface area contributed by atoms with Crippen LogP contribution in [0.15, 0.2) is 65.5 Å². The molecular weight excluding hydrogens is 318 g/mol. The van der Waals surface area contributed by atoms with E-state index in [-0.39, 0.29) is 11.7 Å². The lowest BCUT2D eigenvalue weighted by Gasteiger charge is -2.08. The molecule has 0 spiro atoms.